The van der Waals surface area contributed by atoms with Gasteiger partial charge in [0.25, 0.3) is 0 Å². The fraction of sp³-hybridized carbons (Fsp3) is 1.00. The van der Waals surface area contributed by atoms with E-state index in [0.29, 0.717) is 6.42 Å². The monoisotopic (exact) mass is 554 g/mol. The molecule has 0 amide bonds. The summed E-state index contributed by atoms with van der Waals surface area (Å²) in [5.41, 5.74) is 0. The largest absolute Gasteiger partial charge is 1.00 e. The van der Waals surface area contributed by atoms with E-state index < -0.39 is 26.0 Å². The van der Waals surface area contributed by atoms with E-state index in [1.165, 1.54) is 44.9 Å². The Balaban J connectivity index is -0.0000000723. The van der Waals surface area contributed by atoms with Gasteiger partial charge in [-0.25, -0.2) is 8.42 Å². The van der Waals surface area contributed by atoms with Crippen LogP contribution >= 0.6 is 15.6 Å². The van der Waals surface area contributed by atoms with E-state index in [9.17, 15) is 41.7 Å². The number of rotatable bonds is 14. The fourth-order valence-electron chi connectivity index (χ4n) is 1.87. The molecule has 0 aromatic rings. The molecular formula is C12H25Na5O11P2S. The first-order chi connectivity index (χ1) is 11.8. The predicted molar refractivity (Wildman–Crippen MR) is 83.8 cm³/mol. The van der Waals surface area contributed by atoms with Gasteiger partial charge in [0.15, 0.2) is 0 Å². The SMILES string of the molecule is CCCCCCCCCCCCOS(=O)(=O)[O-].O=P([O-])([O-])OP(=O)([O-])[O-].[Na+].[Na+].[Na+].[Na+].[Na+]. The summed E-state index contributed by atoms with van der Waals surface area (Å²) in [4.78, 5) is 37.3. The molecule has 0 aliphatic rings. The van der Waals surface area contributed by atoms with Crippen LogP contribution in [0.1, 0.15) is 71.1 Å². The first-order valence-electron chi connectivity index (χ1n) is 8.12. The van der Waals surface area contributed by atoms with Crippen molar-refractivity contribution in [1.29, 1.82) is 0 Å². The zero-order valence-electron chi connectivity index (χ0n) is 19.6. The quantitative estimate of drug-likeness (QED) is 0.0649. The molecule has 0 bridgehead atoms. The first-order valence-corrected chi connectivity index (χ1v) is 12.4. The van der Waals surface area contributed by atoms with Crippen LogP contribution in [0.5, 0.6) is 0 Å². The maximum atomic E-state index is 10.1. The molecule has 0 unspecified atom stereocenters. The number of hydrogen-bond donors (Lipinski definition) is 0. The standard InChI is InChI=1S/C12H26O4S.5Na.H4O7P2/c1-2-3-4-5-6-7-8-9-10-11-12-16-17(13,14)15;;;;;;1-8(2,3)7-9(4,5)6/h2-12H2,1H3,(H,13,14,15);;;;;;(H2,1,2,3)(H2,4,5,6)/q;5*+1;/p-5. The maximum absolute atomic E-state index is 10.1. The van der Waals surface area contributed by atoms with Crippen molar-refractivity contribution in [2.24, 2.45) is 0 Å². The average molecular weight is 554 g/mol. The van der Waals surface area contributed by atoms with Crippen molar-refractivity contribution in [3.05, 3.63) is 0 Å². The second kappa shape index (κ2) is 31.3. The second-order valence-electron chi connectivity index (χ2n) is 5.39. The summed E-state index contributed by atoms with van der Waals surface area (Å²) in [6.07, 6.45) is 11.7. The minimum Gasteiger partial charge on any atom is -0.790 e. The van der Waals surface area contributed by atoms with Gasteiger partial charge in [-0.05, 0) is 6.42 Å². The van der Waals surface area contributed by atoms with Crippen molar-refractivity contribution in [2.45, 2.75) is 71.1 Å². The maximum Gasteiger partial charge on any atom is 1.00 e. The van der Waals surface area contributed by atoms with Crippen LogP contribution in [0.3, 0.4) is 0 Å². The summed E-state index contributed by atoms with van der Waals surface area (Å²) in [6, 6.07) is 0. The van der Waals surface area contributed by atoms with Crippen molar-refractivity contribution in [2.75, 3.05) is 6.61 Å². The third-order valence-corrected chi connectivity index (χ3v) is 4.98. The van der Waals surface area contributed by atoms with Crippen LogP contribution in [0, 0.1) is 0 Å². The van der Waals surface area contributed by atoms with E-state index in [2.05, 4.69) is 15.4 Å². The first kappa shape index (κ1) is 52.5. The van der Waals surface area contributed by atoms with Gasteiger partial charge in [0, 0.05) is 0 Å². The summed E-state index contributed by atoms with van der Waals surface area (Å²) in [5.74, 6) is 0. The summed E-state index contributed by atoms with van der Waals surface area (Å²) in [7, 11) is -15.8. The van der Waals surface area contributed by atoms with Gasteiger partial charge in [-0.15, -0.1) is 0 Å². The Kier molecular flexibility index (Phi) is 53.1. The summed E-state index contributed by atoms with van der Waals surface area (Å²) >= 11 is 0. The van der Waals surface area contributed by atoms with Gasteiger partial charge in [0.05, 0.1) is 22.3 Å². The predicted octanol–water partition coefficient (Wildman–Crippen LogP) is -14.9. The summed E-state index contributed by atoms with van der Waals surface area (Å²) < 4.78 is 55.6. The van der Waals surface area contributed by atoms with Crippen LogP contribution in [0.2, 0.25) is 0 Å². The Bertz CT molecular complexity index is 525. The Labute approximate surface area is 296 Å². The molecule has 0 aromatic carbocycles. The van der Waals surface area contributed by atoms with E-state index in [4.69, 9.17) is 0 Å². The molecule has 0 spiro atoms. The third-order valence-electron chi connectivity index (χ3n) is 2.93. The van der Waals surface area contributed by atoms with Crippen molar-refractivity contribution in [3.8, 4) is 0 Å². The molecule has 0 fully saturated rings. The number of hydrogen-bond acceptors (Lipinski definition) is 11. The van der Waals surface area contributed by atoms with Gasteiger partial charge >= 0.3 is 148 Å². The van der Waals surface area contributed by atoms with E-state index in [-0.39, 0.29) is 154 Å². The Morgan fingerprint density at radius 3 is 1.16 bits per heavy atom. The molecule has 0 radical (unpaired) electrons. The Hall–Kier alpha value is 5.13. The minimum atomic E-state index is -5.68. The molecule has 160 valence electrons. The Morgan fingerprint density at radius 2 is 0.935 bits per heavy atom. The van der Waals surface area contributed by atoms with Crippen LogP contribution in [0.4, 0.5) is 0 Å². The second-order valence-corrected chi connectivity index (χ2v) is 8.88. The number of unbranched alkanes of at least 4 members (excludes halogenated alkanes) is 9. The van der Waals surface area contributed by atoms with Crippen molar-refractivity contribution in [3.63, 3.8) is 0 Å². The van der Waals surface area contributed by atoms with Gasteiger partial charge in [-0.3, -0.25) is 4.18 Å². The molecule has 0 saturated heterocycles. The molecule has 0 aliphatic heterocycles. The molecule has 0 atom stereocenters. The molecule has 11 nitrogen and oxygen atoms in total. The topological polar surface area (TPSA) is 202 Å². The smallest absolute Gasteiger partial charge is 0.790 e. The third kappa shape index (κ3) is 61.1. The van der Waals surface area contributed by atoms with Crippen molar-refractivity contribution < 1.29 is 198 Å². The molecule has 19 heteroatoms. The van der Waals surface area contributed by atoms with Gasteiger partial charge < -0.3 is 37.6 Å². The van der Waals surface area contributed by atoms with Crippen LogP contribution in [0.25, 0.3) is 0 Å². The average Bonchev–Trinajstić information content (AvgIpc) is 2.40. The molecule has 0 aliphatic carbocycles. The molecule has 0 aromatic heterocycles. The van der Waals surface area contributed by atoms with Gasteiger partial charge in [0.1, 0.15) is 0 Å². The zero-order valence-corrected chi connectivity index (χ0v) is 32.2. The molecule has 0 heterocycles. The van der Waals surface area contributed by atoms with E-state index in [1.54, 1.807) is 0 Å². The van der Waals surface area contributed by atoms with E-state index in [1.807, 2.05) is 0 Å². The van der Waals surface area contributed by atoms with Crippen LogP contribution in [-0.4, -0.2) is 19.6 Å². The van der Waals surface area contributed by atoms with Crippen molar-refractivity contribution in [1.82, 2.24) is 0 Å². The summed E-state index contributed by atoms with van der Waals surface area (Å²) in [5, 5.41) is 0. The van der Waals surface area contributed by atoms with Crippen LogP contribution in [0.15, 0.2) is 0 Å². The van der Waals surface area contributed by atoms with E-state index in [0.717, 1.165) is 12.8 Å². The molecular weight excluding hydrogens is 529 g/mol. The molecule has 31 heavy (non-hydrogen) atoms. The van der Waals surface area contributed by atoms with Crippen LogP contribution in [-0.2, 0) is 28.0 Å². The van der Waals surface area contributed by atoms with Gasteiger partial charge in [-0.1, -0.05) is 64.7 Å². The zero-order chi connectivity index (χ0) is 20.7. The molecule has 0 rings (SSSR count). The normalized spacial score (nSPS) is 10.5. The van der Waals surface area contributed by atoms with Gasteiger partial charge in [-0.2, -0.15) is 0 Å². The van der Waals surface area contributed by atoms with Gasteiger partial charge in [0.2, 0.25) is 10.4 Å². The van der Waals surface area contributed by atoms with E-state index >= 15 is 0 Å². The number of phosphoric acid groups is 2. The molecule has 0 saturated carbocycles. The molecule has 0 N–H and O–H groups in total. The Morgan fingerprint density at radius 1 is 0.645 bits per heavy atom. The minimum absolute atomic E-state index is 0. The van der Waals surface area contributed by atoms with Crippen LogP contribution < -0.4 is 167 Å². The van der Waals surface area contributed by atoms with Crippen molar-refractivity contribution >= 4 is 26.0 Å². The summed E-state index contributed by atoms with van der Waals surface area (Å²) in [6.45, 7) is 2.24. The fourth-order valence-corrected chi connectivity index (χ4v) is 3.17.